The molecule has 104 valence electrons. The van der Waals surface area contributed by atoms with Crippen molar-refractivity contribution in [2.75, 3.05) is 40.1 Å². The highest BCUT2D eigenvalue weighted by Gasteiger charge is 2.01. The van der Waals surface area contributed by atoms with Crippen molar-refractivity contribution in [3.63, 3.8) is 0 Å². The van der Waals surface area contributed by atoms with Gasteiger partial charge in [0.1, 0.15) is 12.4 Å². The topological polar surface area (TPSA) is 53.7 Å². The Hall–Kier alpha value is -1.54. The van der Waals surface area contributed by atoms with Crippen molar-refractivity contribution in [2.24, 2.45) is 5.73 Å². The van der Waals surface area contributed by atoms with Gasteiger partial charge in [0, 0.05) is 7.11 Å². The van der Waals surface area contributed by atoms with E-state index in [1.54, 1.807) is 7.11 Å². The van der Waals surface area contributed by atoms with E-state index < -0.39 is 0 Å². The van der Waals surface area contributed by atoms with Crippen LogP contribution in [0.4, 0.5) is 0 Å². The zero-order chi connectivity index (χ0) is 13.9. The number of ether oxygens (including phenoxy) is 3. The second-order valence-electron chi connectivity index (χ2n) is 3.96. The summed E-state index contributed by atoms with van der Waals surface area (Å²) in [5, 5.41) is 0. The van der Waals surface area contributed by atoms with E-state index in [9.17, 15) is 0 Å². The minimum Gasteiger partial charge on any atom is -0.490 e. The van der Waals surface area contributed by atoms with E-state index in [4.69, 9.17) is 19.9 Å². The van der Waals surface area contributed by atoms with Crippen molar-refractivity contribution < 1.29 is 14.2 Å². The van der Waals surface area contributed by atoms with Gasteiger partial charge in [-0.15, -0.1) is 0 Å². The fourth-order valence-electron chi connectivity index (χ4n) is 1.47. The van der Waals surface area contributed by atoms with Crippen LogP contribution in [0.3, 0.4) is 0 Å². The lowest BCUT2D eigenvalue weighted by Gasteiger charge is -2.09. The third-order valence-electron chi connectivity index (χ3n) is 2.38. The third-order valence-corrected chi connectivity index (χ3v) is 2.38. The normalized spacial score (nSPS) is 9.84. The predicted octanol–water partition coefficient (Wildman–Crippen LogP) is 1.35. The van der Waals surface area contributed by atoms with E-state index in [2.05, 4.69) is 11.8 Å². The molecular weight excluding hydrogens is 242 g/mol. The summed E-state index contributed by atoms with van der Waals surface area (Å²) in [4.78, 5) is 0. The molecule has 1 aromatic carbocycles. The molecule has 0 amide bonds. The average Bonchev–Trinajstić information content (AvgIpc) is 2.42. The maximum absolute atomic E-state index is 5.66. The van der Waals surface area contributed by atoms with Gasteiger partial charge in [-0.1, -0.05) is 17.9 Å². The first-order valence-corrected chi connectivity index (χ1v) is 6.27. The van der Waals surface area contributed by atoms with Crippen molar-refractivity contribution in [1.29, 1.82) is 0 Å². The molecule has 0 spiro atoms. The number of aryl methyl sites for hydroxylation is 1. The van der Waals surface area contributed by atoms with Gasteiger partial charge < -0.3 is 19.9 Å². The lowest BCUT2D eigenvalue weighted by molar-refractivity contribution is 0.0544. The van der Waals surface area contributed by atoms with Gasteiger partial charge in [-0.25, -0.2) is 0 Å². The first-order chi connectivity index (χ1) is 9.27. The minimum absolute atomic E-state index is 0.341. The Bertz CT molecular complexity index is 435. The molecule has 0 radical (unpaired) electrons. The highest BCUT2D eigenvalue weighted by atomic mass is 16.5. The summed E-state index contributed by atoms with van der Waals surface area (Å²) in [5.41, 5.74) is 7.39. The first-order valence-electron chi connectivity index (χ1n) is 6.27. The Morgan fingerprint density at radius 2 is 1.95 bits per heavy atom. The lowest BCUT2D eigenvalue weighted by Crippen LogP contribution is -2.10. The van der Waals surface area contributed by atoms with Gasteiger partial charge in [0.15, 0.2) is 0 Å². The second kappa shape index (κ2) is 9.40. The number of benzene rings is 1. The number of rotatable bonds is 7. The third kappa shape index (κ3) is 6.25. The van der Waals surface area contributed by atoms with E-state index in [1.165, 1.54) is 0 Å². The van der Waals surface area contributed by atoms with Gasteiger partial charge in [0.2, 0.25) is 0 Å². The van der Waals surface area contributed by atoms with E-state index in [1.807, 2.05) is 25.1 Å². The summed E-state index contributed by atoms with van der Waals surface area (Å²) < 4.78 is 15.9. The van der Waals surface area contributed by atoms with Gasteiger partial charge in [-0.2, -0.15) is 0 Å². The summed E-state index contributed by atoms with van der Waals surface area (Å²) in [5.74, 6) is 6.62. The van der Waals surface area contributed by atoms with Crippen molar-refractivity contribution in [3.8, 4) is 17.6 Å². The van der Waals surface area contributed by atoms with Crippen LogP contribution in [0.15, 0.2) is 18.2 Å². The molecule has 0 aliphatic rings. The van der Waals surface area contributed by atoms with Crippen molar-refractivity contribution >= 4 is 0 Å². The number of nitrogens with two attached hydrogens (primary N) is 1. The second-order valence-corrected chi connectivity index (χ2v) is 3.96. The first kappa shape index (κ1) is 15.5. The van der Waals surface area contributed by atoms with Crippen LogP contribution in [0.1, 0.15) is 11.1 Å². The molecule has 19 heavy (non-hydrogen) atoms. The van der Waals surface area contributed by atoms with E-state index in [0.717, 1.165) is 16.9 Å². The molecule has 0 saturated heterocycles. The van der Waals surface area contributed by atoms with Crippen LogP contribution < -0.4 is 10.5 Å². The number of methoxy groups -OCH3 is 1. The van der Waals surface area contributed by atoms with E-state index in [-0.39, 0.29) is 0 Å². The fourth-order valence-corrected chi connectivity index (χ4v) is 1.47. The SMILES string of the molecule is COCCOCCOc1ccc(C)cc1C#CCN. The van der Waals surface area contributed by atoms with Crippen molar-refractivity contribution in [3.05, 3.63) is 29.3 Å². The van der Waals surface area contributed by atoms with Crippen LogP contribution >= 0.6 is 0 Å². The molecule has 0 aliphatic heterocycles. The molecule has 0 bridgehead atoms. The average molecular weight is 263 g/mol. The monoisotopic (exact) mass is 263 g/mol. The molecule has 0 fully saturated rings. The number of hydrogen-bond donors (Lipinski definition) is 1. The zero-order valence-corrected chi connectivity index (χ0v) is 11.6. The summed E-state index contributed by atoms with van der Waals surface area (Å²) >= 11 is 0. The van der Waals surface area contributed by atoms with Gasteiger partial charge in [0.05, 0.1) is 31.9 Å². The molecule has 0 saturated carbocycles. The largest absolute Gasteiger partial charge is 0.490 e. The van der Waals surface area contributed by atoms with Crippen LogP contribution in [-0.4, -0.2) is 40.1 Å². The molecule has 0 unspecified atom stereocenters. The maximum atomic E-state index is 5.66. The lowest BCUT2D eigenvalue weighted by atomic mass is 10.1. The van der Waals surface area contributed by atoms with Crippen LogP contribution in [0, 0.1) is 18.8 Å². The van der Waals surface area contributed by atoms with Crippen LogP contribution in [-0.2, 0) is 9.47 Å². The molecule has 4 heteroatoms. The Labute approximate surface area is 114 Å². The molecule has 0 aliphatic carbocycles. The van der Waals surface area contributed by atoms with Gasteiger partial charge in [0.25, 0.3) is 0 Å². The molecule has 4 nitrogen and oxygen atoms in total. The highest BCUT2D eigenvalue weighted by Crippen LogP contribution is 2.18. The standard InChI is InChI=1S/C15H21NO3/c1-13-5-6-15(14(12-13)4-3-7-16)19-11-10-18-9-8-17-2/h5-6,12H,7-11,16H2,1-2H3. The maximum Gasteiger partial charge on any atom is 0.135 e. The number of hydrogen-bond acceptors (Lipinski definition) is 4. The van der Waals surface area contributed by atoms with Gasteiger partial charge in [-0.3, -0.25) is 0 Å². The van der Waals surface area contributed by atoms with Crippen molar-refractivity contribution in [1.82, 2.24) is 0 Å². The van der Waals surface area contributed by atoms with Gasteiger partial charge in [-0.05, 0) is 24.6 Å². The summed E-state index contributed by atoms with van der Waals surface area (Å²) in [6.45, 7) is 4.55. The van der Waals surface area contributed by atoms with Crippen LogP contribution in [0.5, 0.6) is 5.75 Å². The smallest absolute Gasteiger partial charge is 0.135 e. The summed E-state index contributed by atoms with van der Waals surface area (Å²) in [6.07, 6.45) is 0. The van der Waals surface area contributed by atoms with E-state index in [0.29, 0.717) is 33.0 Å². The predicted molar refractivity (Wildman–Crippen MR) is 75.3 cm³/mol. The van der Waals surface area contributed by atoms with Crippen LogP contribution in [0.25, 0.3) is 0 Å². The Morgan fingerprint density at radius 1 is 1.16 bits per heavy atom. The van der Waals surface area contributed by atoms with E-state index >= 15 is 0 Å². The Morgan fingerprint density at radius 3 is 2.68 bits per heavy atom. The van der Waals surface area contributed by atoms with Crippen LogP contribution in [0.2, 0.25) is 0 Å². The minimum atomic E-state index is 0.341. The molecular formula is C15H21NO3. The Balaban J connectivity index is 2.48. The highest BCUT2D eigenvalue weighted by molar-refractivity contribution is 5.48. The molecule has 0 atom stereocenters. The van der Waals surface area contributed by atoms with Gasteiger partial charge >= 0.3 is 0 Å². The molecule has 1 rings (SSSR count). The fraction of sp³-hybridized carbons (Fsp3) is 0.467. The molecule has 0 heterocycles. The zero-order valence-electron chi connectivity index (χ0n) is 11.6. The molecule has 0 aromatic heterocycles. The van der Waals surface area contributed by atoms with Crippen molar-refractivity contribution in [2.45, 2.75) is 6.92 Å². The quantitative estimate of drug-likeness (QED) is 0.596. The summed E-state index contributed by atoms with van der Waals surface area (Å²) in [6, 6.07) is 5.91. The Kier molecular flexibility index (Phi) is 7.68. The molecule has 2 N–H and O–H groups in total. The summed E-state index contributed by atoms with van der Waals surface area (Å²) in [7, 11) is 1.65. The molecule has 1 aromatic rings.